The van der Waals surface area contributed by atoms with Gasteiger partial charge in [-0.3, -0.25) is 13.9 Å². The predicted octanol–water partition coefficient (Wildman–Crippen LogP) is 4.39. The summed E-state index contributed by atoms with van der Waals surface area (Å²) in [6.07, 6.45) is 0. The zero-order valence-electron chi connectivity index (χ0n) is 23.1. The number of nitrogens with zero attached hydrogens (tertiary/aromatic N) is 2. The van der Waals surface area contributed by atoms with Crippen molar-refractivity contribution in [3.63, 3.8) is 0 Å². The Labute approximate surface area is 231 Å². The molecule has 0 fully saturated rings. The number of ether oxygens (including phenoxy) is 1. The molecule has 0 saturated heterocycles. The van der Waals surface area contributed by atoms with Crippen LogP contribution in [0.2, 0.25) is 0 Å². The second-order valence-electron chi connectivity index (χ2n) is 9.84. The fraction of sp³-hybridized carbons (Fsp3) is 0.333. The summed E-state index contributed by atoms with van der Waals surface area (Å²) in [5.41, 5.74) is 2.05. The molecule has 8 nitrogen and oxygen atoms in total. The van der Waals surface area contributed by atoms with Gasteiger partial charge in [-0.25, -0.2) is 8.42 Å². The number of anilines is 1. The Balaban J connectivity index is 1.97. The molecule has 0 saturated carbocycles. The third-order valence-electron chi connectivity index (χ3n) is 6.30. The van der Waals surface area contributed by atoms with Gasteiger partial charge in [0.05, 0.1) is 17.7 Å². The van der Waals surface area contributed by atoms with E-state index < -0.39 is 28.5 Å². The summed E-state index contributed by atoms with van der Waals surface area (Å²) in [5, 5.41) is 2.88. The zero-order valence-corrected chi connectivity index (χ0v) is 23.9. The predicted molar refractivity (Wildman–Crippen MR) is 153 cm³/mol. The molecule has 0 bridgehead atoms. The maximum atomic E-state index is 13.9. The van der Waals surface area contributed by atoms with Crippen LogP contribution < -0.4 is 14.4 Å². The molecule has 0 radical (unpaired) electrons. The quantitative estimate of drug-likeness (QED) is 0.360. The average molecular weight is 552 g/mol. The second-order valence-corrected chi connectivity index (χ2v) is 11.7. The molecule has 3 rings (SSSR count). The molecule has 9 heteroatoms. The molecule has 3 aromatic carbocycles. The van der Waals surface area contributed by atoms with E-state index in [0.717, 1.165) is 15.4 Å². The van der Waals surface area contributed by atoms with E-state index in [-0.39, 0.29) is 23.3 Å². The maximum absolute atomic E-state index is 13.9. The van der Waals surface area contributed by atoms with Crippen LogP contribution in [0.15, 0.2) is 83.8 Å². The maximum Gasteiger partial charge on any atom is 0.264 e. The molecule has 208 valence electrons. The fourth-order valence-electron chi connectivity index (χ4n) is 3.92. The van der Waals surface area contributed by atoms with Crippen LogP contribution >= 0.6 is 0 Å². The van der Waals surface area contributed by atoms with E-state index in [9.17, 15) is 18.0 Å². The van der Waals surface area contributed by atoms with Gasteiger partial charge in [0, 0.05) is 13.1 Å². The van der Waals surface area contributed by atoms with Crippen LogP contribution in [0.4, 0.5) is 5.69 Å². The van der Waals surface area contributed by atoms with Gasteiger partial charge in [0.15, 0.2) is 0 Å². The highest BCUT2D eigenvalue weighted by Crippen LogP contribution is 2.25. The Hall–Kier alpha value is -3.85. The van der Waals surface area contributed by atoms with Gasteiger partial charge in [-0.15, -0.1) is 0 Å². The molecule has 1 atom stereocenters. The van der Waals surface area contributed by atoms with Gasteiger partial charge in [-0.1, -0.05) is 61.9 Å². The monoisotopic (exact) mass is 551 g/mol. The number of benzene rings is 3. The lowest BCUT2D eigenvalue weighted by Gasteiger charge is -2.32. The van der Waals surface area contributed by atoms with Crippen LogP contribution in [0.5, 0.6) is 5.75 Å². The van der Waals surface area contributed by atoms with Gasteiger partial charge in [-0.2, -0.15) is 0 Å². The minimum absolute atomic E-state index is 0.0779. The van der Waals surface area contributed by atoms with Crippen molar-refractivity contribution >= 4 is 27.5 Å². The van der Waals surface area contributed by atoms with Crippen LogP contribution in [0, 0.1) is 12.8 Å². The number of carbonyl (C=O) groups is 2. The normalized spacial score (nSPS) is 12.1. The first kappa shape index (κ1) is 29.7. The summed E-state index contributed by atoms with van der Waals surface area (Å²) in [6, 6.07) is 21.3. The zero-order chi connectivity index (χ0) is 28.6. The van der Waals surface area contributed by atoms with Crippen molar-refractivity contribution in [2.75, 3.05) is 24.5 Å². The Bertz CT molecular complexity index is 1340. The van der Waals surface area contributed by atoms with E-state index in [0.29, 0.717) is 18.0 Å². The summed E-state index contributed by atoms with van der Waals surface area (Å²) in [4.78, 5) is 28.4. The summed E-state index contributed by atoms with van der Waals surface area (Å²) in [7, 11) is -2.51. The molecule has 1 N–H and O–H groups in total. The van der Waals surface area contributed by atoms with Crippen molar-refractivity contribution in [3.05, 3.63) is 90.0 Å². The third kappa shape index (κ3) is 7.83. The number of hydrogen-bond acceptors (Lipinski definition) is 5. The third-order valence-corrected chi connectivity index (χ3v) is 8.08. The van der Waals surface area contributed by atoms with Gasteiger partial charge in [-0.05, 0) is 61.7 Å². The number of nitrogens with one attached hydrogen (secondary N) is 1. The van der Waals surface area contributed by atoms with Crippen molar-refractivity contribution in [2.45, 2.75) is 45.2 Å². The molecule has 3 aromatic rings. The van der Waals surface area contributed by atoms with Crippen LogP contribution in [0.25, 0.3) is 0 Å². The Morgan fingerprint density at radius 1 is 0.897 bits per heavy atom. The largest absolute Gasteiger partial charge is 0.497 e. The molecule has 0 aromatic heterocycles. The molecule has 0 aliphatic heterocycles. The number of aryl methyl sites for hydroxylation is 1. The lowest BCUT2D eigenvalue weighted by Crippen LogP contribution is -2.51. The van der Waals surface area contributed by atoms with E-state index in [1.807, 2.05) is 32.9 Å². The lowest BCUT2D eigenvalue weighted by molar-refractivity contribution is -0.139. The van der Waals surface area contributed by atoms with Crippen molar-refractivity contribution in [3.8, 4) is 5.75 Å². The van der Waals surface area contributed by atoms with Gasteiger partial charge in [0.25, 0.3) is 10.0 Å². The minimum Gasteiger partial charge on any atom is -0.497 e. The number of carbonyl (C=O) groups excluding carboxylic acids is 2. The van der Waals surface area contributed by atoms with E-state index in [2.05, 4.69) is 5.32 Å². The van der Waals surface area contributed by atoms with Crippen molar-refractivity contribution in [1.82, 2.24) is 10.2 Å². The standard InChI is InChI=1S/C30H37N3O5S/c1-22(2)19-31-30(35)24(4)32(20-25-13-15-27(38-5)16-14-25)29(34)21-33(26-9-7-6-8-10-26)39(36,37)28-17-11-23(3)12-18-28/h6-18,22,24H,19-21H2,1-5H3,(H,31,35). The van der Waals surface area contributed by atoms with Crippen LogP contribution in [-0.2, 0) is 26.2 Å². The summed E-state index contributed by atoms with van der Waals surface area (Å²) in [5.74, 6) is 0.0923. The first-order chi connectivity index (χ1) is 18.5. The highest BCUT2D eigenvalue weighted by molar-refractivity contribution is 7.92. The van der Waals surface area contributed by atoms with Crippen LogP contribution in [0.1, 0.15) is 31.9 Å². The first-order valence-corrected chi connectivity index (χ1v) is 14.3. The topological polar surface area (TPSA) is 96.0 Å². The highest BCUT2D eigenvalue weighted by atomic mass is 32.2. The number of hydrogen-bond donors (Lipinski definition) is 1. The molecule has 39 heavy (non-hydrogen) atoms. The van der Waals surface area contributed by atoms with E-state index in [4.69, 9.17) is 4.74 Å². The molecule has 0 heterocycles. The van der Waals surface area contributed by atoms with Gasteiger partial charge < -0.3 is 15.0 Å². The number of amides is 2. The number of rotatable bonds is 12. The molecular formula is C30H37N3O5S. The van der Waals surface area contributed by atoms with E-state index >= 15 is 0 Å². The number of sulfonamides is 1. The molecule has 0 aliphatic rings. The van der Waals surface area contributed by atoms with Crippen LogP contribution in [0.3, 0.4) is 0 Å². The minimum atomic E-state index is -4.08. The van der Waals surface area contributed by atoms with E-state index in [1.54, 1.807) is 68.6 Å². The Morgan fingerprint density at radius 3 is 2.08 bits per heavy atom. The van der Waals surface area contributed by atoms with Crippen molar-refractivity contribution in [2.24, 2.45) is 5.92 Å². The first-order valence-electron chi connectivity index (χ1n) is 12.9. The van der Waals surface area contributed by atoms with Gasteiger partial charge in [0.2, 0.25) is 11.8 Å². The van der Waals surface area contributed by atoms with Gasteiger partial charge in [0.1, 0.15) is 18.3 Å². The summed E-state index contributed by atoms with van der Waals surface area (Å²) < 4.78 is 33.9. The van der Waals surface area contributed by atoms with Crippen molar-refractivity contribution in [1.29, 1.82) is 0 Å². The number of methoxy groups -OCH3 is 1. The average Bonchev–Trinajstić information content (AvgIpc) is 2.93. The molecule has 1 unspecified atom stereocenters. The van der Waals surface area contributed by atoms with Gasteiger partial charge >= 0.3 is 0 Å². The molecule has 2 amide bonds. The SMILES string of the molecule is COc1ccc(CN(C(=O)CN(c2ccccc2)S(=O)(=O)c2ccc(C)cc2)C(C)C(=O)NCC(C)C)cc1. The molecule has 0 aliphatic carbocycles. The Morgan fingerprint density at radius 2 is 1.51 bits per heavy atom. The fourth-order valence-corrected chi connectivity index (χ4v) is 5.34. The number of para-hydroxylation sites is 1. The summed E-state index contributed by atoms with van der Waals surface area (Å²) >= 11 is 0. The lowest BCUT2D eigenvalue weighted by atomic mass is 10.1. The second kappa shape index (κ2) is 13.3. The molecule has 0 spiro atoms. The van der Waals surface area contributed by atoms with E-state index in [1.165, 1.54) is 17.0 Å². The Kier molecular flexibility index (Phi) is 10.1. The molecular weight excluding hydrogens is 514 g/mol. The van der Waals surface area contributed by atoms with Crippen LogP contribution in [-0.4, -0.2) is 51.4 Å². The summed E-state index contributed by atoms with van der Waals surface area (Å²) in [6.45, 7) is 7.60. The smallest absolute Gasteiger partial charge is 0.264 e. The highest BCUT2D eigenvalue weighted by Gasteiger charge is 2.32. The van der Waals surface area contributed by atoms with Crippen molar-refractivity contribution < 1.29 is 22.7 Å².